The third-order valence-corrected chi connectivity index (χ3v) is 7.11. The van der Waals surface area contributed by atoms with Crippen molar-refractivity contribution >= 4 is 55.8 Å². The first-order chi connectivity index (χ1) is 20.9. The molecule has 2 aromatic carbocycles. The van der Waals surface area contributed by atoms with Gasteiger partial charge in [0.05, 0.1) is 16.1 Å². The van der Waals surface area contributed by atoms with Crippen LogP contribution >= 0.6 is 11.6 Å². The number of benzene rings is 2. The number of ether oxygens (including phenoxy) is 1. The molecule has 0 aliphatic carbocycles. The van der Waals surface area contributed by atoms with Crippen LogP contribution in [0.2, 0.25) is 5.02 Å². The van der Waals surface area contributed by atoms with E-state index in [1.807, 2.05) is 0 Å². The lowest BCUT2D eigenvalue weighted by Gasteiger charge is -2.21. The van der Waals surface area contributed by atoms with Crippen molar-refractivity contribution in [3.05, 3.63) is 71.1 Å². The summed E-state index contributed by atoms with van der Waals surface area (Å²) in [4.78, 5) is 33.1. The fourth-order valence-electron chi connectivity index (χ4n) is 4.21. The van der Waals surface area contributed by atoms with E-state index in [2.05, 4.69) is 25.9 Å². The third-order valence-electron chi connectivity index (χ3n) is 6.03. The first-order valence-electron chi connectivity index (χ1n) is 13.4. The van der Waals surface area contributed by atoms with Crippen molar-refractivity contribution in [3.63, 3.8) is 0 Å². The van der Waals surface area contributed by atoms with E-state index in [0.717, 1.165) is 18.4 Å². The van der Waals surface area contributed by atoms with Gasteiger partial charge in [-0.1, -0.05) is 11.6 Å². The standard InChI is InChI=1S/C29H30ClF3N6O5S/c1-28(2,3)38-27(41)17-11-18(29(31,32)33)13-20(12-17)44-23-6-5-19(14-21(23)30)37-26-25-22(35-16-36-26)7-9-39(25)10-8-34-24(40)15-45(4,42)43/h5-7,9,11-14,16H,8,10,15H2,1-4H3,(H,34,40)(H,38,41)(H,35,36,37). The van der Waals surface area contributed by atoms with Gasteiger partial charge in [0.2, 0.25) is 5.91 Å². The molecule has 0 spiro atoms. The highest BCUT2D eigenvalue weighted by Crippen LogP contribution is 2.37. The zero-order valence-corrected chi connectivity index (χ0v) is 26.2. The fraction of sp³-hybridized carbons (Fsp3) is 0.310. The molecule has 2 amide bonds. The van der Waals surface area contributed by atoms with Crippen LogP contribution in [0.4, 0.5) is 24.7 Å². The van der Waals surface area contributed by atoms with Crippen LogP contribution < -0.4 is 20.7 Å². The van der Waals surface area contributed by atoms with E-state index >= 15 is 0 Å². The van der Waals surface area contributed by atoms with Crippen LogP contribution in [0, 0.1) is 0 Å². The molecule has 0 saturated heterocycles. The van der Waals surface area contributed by atoms with Gasteiger partial charge < -0.3 is 25.3 Å². The minimum absolute atomic E-state index is 0.0461. The minimum Gasteiger partial charge on any atom is -0.456 e. The molecule has 4 aromatic rings. The molecule has 0 bridgehead atoms. The zero-order chi connectivity index (χ0) is 33.2. The van der Waals surface area contributed by atoms with E-state index in [9.17, 15) is 31.2 Å². The van der Waals surface area contributed by atoms with Gasteiger partial charge in [-0.05, 0) is 63.2 Å². The van der Waals surface area contributed by atoms with Crippen LogP contribution in [0.25, 0.3) is 11.0 Å². The highest BCUT2D eigenvalue weighted by molar-refractivity contribution is 7.91. The van der Waals surface area contributed by atoms with Gasteiger partial charge in [0.25, 0.3) is 5.91 Å². The number of nitrogens with one attached hydrogen (secondary N) is 3. The molecule has 4 rings (SSSR count). The third kappa shape index (κ3) is 9.31. The summed E-state index contributed by atoms with van der Waals surface area (Å²) >= 11 is 6.45. The second-order valence-corrected chi connectivity index (χ2v) is 13.8. The Hall–Kier alpha value is -4.37. The van der Waals surface area contributed by atoms with Crippen molar-refractivity contribution in [1.29, 1.82) is 0 Å². The molecule has 3 N–H and O–H groups in total. The van der Waals surface area contributed by atoms with E-state index in [-0.39, 0.29) is 28.6 Å². The molecule has 0 atom stereocenters. The molecule has 0 fully saturated rings. The number of fused-ring (bicyclic) bond motifs is 1. The maximum Gasteiger partial charge on any atom is 0.416 e. The van der Waals surface area contributed by atoms with Gasteiger partial charge in [0.1, 0.15) is 29.1 Å². The molecule has 0 aliphatic heterocycles. The van der Waals surface area contributed by atoms with Crippen molar-refractivity contribution in [2.75, 3.05) is 23.9 Å². The number of carbonyl (C=O) groups excluding carboxylic acids is 2. The summed E-state index contributed by atoms with van der Waals surface area (Å²) in [7, 11) is -3.46. The predicted molar refractivity (Wildman–Crippen MR) is 164 cm³/mol. The molecule has 45 heavy (non-hydrogen) atoms. The van der Waals surface area contributed by atoms with E-state index in [1.165, 1.54) is 24.5 Å². The lowest BCUT2D eigenvalue weighted by molar-refractivity contribution is -0.137. The maximum absolute atomic E-state index is 13.6. The molecular weight excluding hydrogens is 637 g/mol. The molecule has 11 nitrogen and oxygen atoms in total. The highest BCUT2D eigenvalue weighted by atomic mass is 35.5. The monoisotopic (exact) mass is 666 g/mol. The molecule has 2 aromatic heterocycles. The second kappa shape index (κ2) is 12.9. The summed E-state index contributed by atoms with van der Waals surface area (Å²) in [6, 6.07) is 9.01. The number of hydrogen-bond acceptors (Lipinski definition) is 8. The molecule has 0 unspecified atom stereocenters. The first-order valence-corrected chi connectivity index (χ1v) is 15.9. The quantitative estimate of drug-likeness (QED) is 0.206. The number of hydrogen-bond donors (Lipinski definition) is 3. The van der Waals surface area contributed by atoms with Gasteiger partial charge in [-0.25, -0.2) is 18.4 Å². The van der Waals surface area contributed by atoms with Crippen molar-refractivity contribution in [2.24, 2.45) is 0 Å². The Bertz CT molecular complexity index is 1860. The molecule has 0 aliphatic rings. The Morgan fingerprint density at radius 3 is 2.42 bits per heavy atom. The topological polar surface area (TPSA) is 144 Å². The van der Waals surface area contributed by atoms with Gasteiger partial charge in [-0.3, -0.25) is 9.59 Å². The average molecular weight is 667 g/mol. The number of amides is 2. The molecule has 240 valence electrons. The Kier molecular flexibility index (Phi) is 9.63. The number of alkyl halides is 3. The van der Waals surface area contributed by atoms with Gasteiger partial charge >= 0.3 is 6.18 Å². The number of nitrogens with zero attached hydrogens (tertiary/aromatic N) is 3. The van der Waals surface area contributed by atoms with Crippen LogP contribution in [-0.2, 0) is 27.4 Å². The van der Waals surface area contributed by atoms with E-state index < -0.39 is 44.7 Å². The lowest BCUT2D eigenvalue weighted by Crippen LogP contribution is -2.40. The number of anilines is 2. The number of halogens is 4. The van der Waals surface area contributed by atoms with Crippen LogP contribution in [-0.4, -0.2) is 58.9 Å². The van der Waals surface area contributed by atoms with Crippen molar-refractivity contribution in [1.82, 2.24) is 25.2 Å². The van der Waals surface area contributed by atoms with E-state index in [1.54, 1.807) is 43.7 Å². The Balaban J connectivity index is 1.54. The summed E-state index contributed by atoms with van der Waals surface area (Å²) in [6.45, 7) is 5.57. The highest BCUT2D eigenvalue weighted by Gasteiger charge is 2.32. The summed E-state index contributed by atoms with van der Waals surface area (Å²) in [6.07, 6.45) is -0.663. The molecule has 2 heterocycles. The number of rotatable bonds is 10. The summed E-state index contributed by atoms with van der Waals surface area (Å²) in [5.74, 6) is -1.71. The number of aromatic nitrogens is 3. The van der Waals surface area contributed by atoms with Crippen LogP contribution in [0.3, 0.4) is 0 Å². The van der Waals surface area contributed by atoms with Crippen molar-refractivity contribution in [3.8, 4) is 11.5 Å². The normalized spacial score (nSPS) is 12.2. The minimum atomic E-state index is -4.73. The van der Waals surface area contributed by atoms with E-state index in [0.29, 0.717) is 29.1 Å². The van der Waals surface area contributed by atoms with Crippen LogP contribution in [0.1, 0.15) is 36.7 Å². The molecule has 0 radical (unpaired) electrons. The SMILES string of the molecule is CC(C)(C)NC(=O)c1cc(Oc2ccc(Nc3ncnc4ccn(CCNC(=O)CS(C)(=O)=O)c34)cc2Cl)cc(C(F)(F)F)c1. The molecule has 16 heteroatoms. The average Bonchev–Trinajstić information content (AvgIpc) is 3.31. The van der Waals surface area contributed by atoms with Gasteiger partial charge in [0.15, 0.2) is 15.7 Å². The summed E-state index contributed by atoms with van der Waals surface area (Å²) < 4.78 is 71.0. The van der Waals surface area contributed by atoms with Crippen molar-refractivity contribution in [2.45, 2.75) is 39.0 Å². The largest absolute Gasteiger partial charge is 0.456 e. The fourth-order valence-corrected chi connectivity index (χ4v) is 5.00. The molecular formula is C29H30ClF3N6O5S. The zero-order valence-electron chi connectivity index (χ0n) is 24.6. The van der Waals surface area contributed by atoms with Crippen molar-refractivity contribution < 1.29 is 35.9 Å². The van der Waals surface area contributed by atoms with Gasteiger partial charge in [0, 0.05) is 42.3 Å². The summed E-state index contributed by atoms with van der Waals surface area (Å²) in [5.41, 5.74) is -0.302. The number of sulfone groups is 1. The smallest absolute Gasteiger partial charge is 0.416 e. The molecule has 0 saturated carbocycles. The van der Waals surface area contributed by atoms with Crippen LogP contribution in [0.5, 0.6) is 11.5 Å². The summed E-state index contributed by atoms with van der Waals surface area (Å²) in [5, 5.41) is 8.39. The Labute approximate surface area is 262 Å². The van der Waals surface area contributed by atoms with E-state index in [4.69, 9.17) is 16.3 Å². The first kappa shape index (κ1) is 33.5. The maximum atomic E-state index is 13.6. The Morgan fingerprint density at radius 1 is 1.04 bits per heavy atom. The number of carbonyl (C=O) groups is 2. The van der Waals surface area contributed by atoms with Gasteiger partial charge in [-0.2, -0.15) is 13.2 Å². The lowest BCUT2D eigenvalue weighted by atomic mass is 10.1. The van der Waals surface area contributed by atoms with Gasteiger partial charge in [-0.15, -0.1) is 0 Å². The predicted octanol–water partition coefficient (Wildman–Crippen LogP) is 5.33. The van der Waals surface area contributed by atoms with Crippen LogP contribution in [0.15, 0.2) is 55.0 Å². The second-order valence-electron chi connectivity index (χ2n) is 11.2. The Morgan fingerprint density at radius 2 is 1.78 bits per heavy atom.